The number of hydrogen-bond acceptors (Lipinski definition) is 1. The number of halogens is 8. The molecule has 24 heavy (non-hydrogen) atoms. The Labute approximate surface area is 139 Å². The first-order valence-corrected chi connectivity index (χ1v) is 9.13. The van der Waals surface area contributed by atoms with Gasteiger partial charge in [-0.2, -0.15) is 8.78 Å². The highest BCUT2D eigenvalue weighted by Gasteiger charge is 2.84. The fourth-order valence-corrected chi connectivity index (χ4v) is 4.62. The molecule has 0 saturated heterocycles. The second-order valence-corrected chi connectivity index (χ2v) is 9.05. The summed E-state index contributed by atoms with van der Waals surface area (Å²) in [6.45, 7) is 0. The predicted molar refractivity (Wildman–Crippen MR) is 80.5 cm³/mol. The number of aromatic nitrogens is 1. The van der Waals surface area contributed by atoms with E-state index in [0.717, 1.165) is 24.3 Å². The molecular formula is C14H7BrF7NS. The molecule has 1 aromatic carbocycles. The predicted octanol–water partition coefficient (Wildman–Crippen LogP) is 6.82. The smallest absolute Gasteiger partial charge is 0.242 e. The van der Waals surface area contributed by atoms with Gasteiger partial charge in [0.05, 0.1) is 5.57 Å². The van der Waals surface area contributed by atoms with Crippen LogP contribution in [0, 0.1) is 5.82 Å². The van der Waals surface area contributed by atoms with Crippen LogP contribution in [0.5, 0.6) is 0 Å². The summed E-state index contributed by atoms with van der Waals surface area (Å²) < 4.78 is 98.8. The lowest BCUT2D eigenvalue weighted by Crippen LogP contribution is -2.18. The maximum Gasteiger partial charge on any atom is 0.312 e. The molecule has 0 spiro atoms. The van der Waals surface area contributed by atoms with Crippen LogP contribution in [-0.2, 0) is 0 Å². The van der Waals surface area contributed by atoms with E-state index in [-0.39, 0.29) is 10.5 Å². The first-order valence-electron chi connectivity index (χ1n) is 6.28. The fourth-order valence-electron chi connectivity index (χ4n) is 2.34. The molecule has 0 saturated carbocycles. The molecule has 1 aromatic heterocycles. The van der Waals surface area contributed by atoms with E-state index in [1.807, 2.05) is 0 Å². The molecule has 0 unspecified atom stereocenters. The number of pyridine rings is 1. The van der Waals surface area contributed by atoms with E-state index in [2.05, 4.69) is 20.9 Å². The Bertz CT molecular complexity index is 886. The van der Waals surface area contributed by atoms with E-state index in [0.29, 0.717) is 12.3 Å². The lowest BCUT2D eigenvalue weighted by Gasteiger charge is -2.47. The molecule has 1 aliphatic carbocycles. The molecule has 10 heteroatoms. The third-order valence-electron chi connectivity index (χ3n) is 3.41. The van der Waals surface area contributed by atoms with Crippen LogP contribution in [0.4, 0.5) is 28.7 Å². The minimum absolute atomic E-state index is 0.126. The molecule has 2 aromatic rings. The summed E-state index contributed by atoms with van der Waals surface area (Å²) in [5.74, 6) is -5.55. The Morgan fingerprint density at radius 3 is 2.21 bits per heavy atom. The Kier molecular flexibility index (Phi) is 3.13. The van der Waals surface area contributed by atoms with Crippen molar-refractivity contribution in [2.45, 2.75) is 10.9 Å². The normalized spacial score (nSPS) is 19.7. The fraction of sp³-hybridized carbons (Fsp3) is 0.0714. The van der Waals surface area contributed by atoms with Crippen molar-refractivity contribution in [2.24, 2.45) is 0 Å². The van der Waals surface area contributed by atoms with Crippen LogP contribution in [0.1, 0.15) is 5.56 Å². The van der Waals surface area contributed by atoms with Crippen molar-refractivity contribution >= 4 is 31.3 Å². The Hall–Kier alpha value is -1.55. The van der Waals surface area contributed by atoms with E-state index in [1.165, 1.54) is 0 Å². The summed E-state index contributed by atoms with van der Waals surface area (Å²) in [7, 11) is -9.54. The summed E-state index contributed by atoms with van der Waals surface area (Å²) in [5.41, 5.74) is -2.29. The van der Waals surface area contributed by atoms with Crippen LogP contribution in [-0.4, -0.2) is 10.9 Å². The van der Waals surface area contributed by atoms with Crippen LogP contribution in [0.25, 0.3) is 5.57 Å². The summed E-state index contributed by atoms with van der Waals surface area (Å²) >= 11 is 2.84. The topological polar surface area (TPSA) is 12.9 Å². The molecule has 0 atom stereocenters. The van der Waals surface area contributed by atoms with Gasteiger partial charge in [-0.15, -0.1) is 15.5 Å². The highest BCUT2D eigenvalue weighted by Crippen LogP contribution is 3.09. The average Bonchev–Trinajstić information content (AvgIpc) is 3.03. The Balaban J connectivity index is 2.26. The lowest BCUT2D eigenvalue weighted by atomic mass is 10.1. The van der Waals surface area contributed by atoms with Gasteiger partial charge in [0.1, 0.15) is 10.7 Å². The van der Waals surface area contributed by atoms with Gasteiger partial charge >= 0.3 is 5.92 Å². The third kappa shape index (κ3) is 2.43. The van der Waals surface area contributed by atoms with Gasteiger partial charge in [-0.25, -0.2) is 9.37 Å². The number of benzene rings is 1. The van der Waals surface area contributed by atoms with Gasteiger partial charge < -0.3 is 0 Å². The van der Waals surface area contributed by atoms with Gasteiger partial charge in [0.15, 0.2) is 5.03 Å². The first kappa shape index (κ1) is 17.3. The van der Waals surface area contributed by atoms with Crippen LogP contribution in [0.3, 0.4) is 0 Å². The van der Waals surface area contributed by atoms with Gasteiger partial charge in [0.2, 0.25) is 9.84 Å². The van der Waals surface area contributed by atoms with Crippen molar-refractivity contribution in [3.63, 3.8) is 0 Å². The SMILES string of the molecule is Fc1cccc(C2=C(S(F)(F)(F)(F)c3ccc(Br)cn3)C2(F)F)c1. The monoisotopic (exact) mass is 433 g/mol. The number of hydrogen-bond donors (Lipinski definition) is 0. The quantitative estimate of drug-likeness (QED) is 0.484. The molecule has 0 N–H and O–H groups in total. The molecule has 1 heterocycles. The van der Waals surface area contributed by atoms with E-state index >= 15 is 0 Å². The molecule has 0 fully saturated rings. The van der Waals surface area contributed by atoms with Crippen molar-refractivity contribution in [3.05, 3.63) is 63.4 Å². The maximum absolute atomic E-state index is 14.5. The summed E-state index contributed by atoms with van der Waals surface area (Å²) in [4.78, 5) is 0.349. The minimum atomic E-state index is -9.54. The standard InChI is InChI=1S/C14H7BrF7NS/c15-9-4-5-11(23-7-9)24(19,20,21,22)13-12(14(13,17)18)8-2-1-3-10(16)6-8/h1-7H. The Morgan fingerprint density at radius 1 is 1.00 bits per heavy atom. The van der Waals surface area contributed by atoms with E-state index in [9.17, 15) is 28.7 Å². The van der Waals surface area contributed by atoms with E-state index < -0.39 is 42.6 Å². The second kappa shape index (κ2) is 4.34. The highest BCUT2D eigenvalue weighted by atomic mass is 79.9. The zero-order valence-corrected chi connectivity index (χ0v) is 13.8. The van der Waals surface area contributed by atoms with Gasteiger partial charge in [0, 0.05) is 10.7 Å². The highest BCUT2D eigenvalue weighted by molar-refractivity contribution is 9.10. The van der Waals surface area contributed by atoms with Gasteiger partial charge in [-0.3, -0.25) is 0 Å². The number of allylic oxidation sites excluding steroid dienone is 2. The van der Waals surface area contributed by atoms with Gasteiger partial charge in [-0.1, -0.05) is 12.1 Å². The number of nitrogens with zero attached hydrogens (tertiary/aromatic N) is 1. The first-order chi connectivity index (χ1) is 10.8. The summed E-state index contributed by atoms with van der Waals surface area (Å²) in [5, 5.41) is -2.03. The van der Waals surface area contributed by atoms with Crippen LogP contribution in [0.2, 0.25) is 0 Å². The maximum atomic E-state index is 14.5. The third-order valence-corrected chi connectivity index (χ3v) is 6.24. The van der Waals surface area contributed by atoms with Gasteiger partial charge in [-0.05, 0) is 45.8 Å². The summed E-state index contributed by atoms with van der Waals surface area (Å²) in [6.07, 6.45) is 0.663. The van der Waals surface area contributed by atoms with Crippen LogP contribution >= 0.6 is 25.8 Å². The zero-order valence-electron chi connectivity index (χ0n) is 11.4. The molecule has 0 radical (unpaired) electrons. The molecule has 0 amide bonds. The summed E-state index contributed by atoms with van der Waals surface area (Å²) in [6, 6.07) is 4.35. The second-order valence-electron chi connectivity index (χ2n) is 5.17. The lowest BCUT2D eigenvalue weighted by molar-refractivity contribution is 0.151. The van der Waals surface area contributed by atoms with E-state index in [1.54, 1.807) is 0 Å². The molecular weight excluding hydrogens is 427 g/mol. The van der Waals surface area contributed by atoms with Crippen molar-refractivity contribution in [1.29, 1.82) is 0 Å². The molecule has 1 nitrogen and oxygen atoms in total. The minimum Gasteiger partial charge on any atom is -0.242 e. The van der Waals surface area contributed by atoms with Crippen LogP contribution in [0.15, 0.2) is 57.0 Å². The van der Waals surface area contributed by atoms with Crippen molar-refractivity contribution < 1.29 is 28.7 Å². The Morgan fingerprint density at radius 2 is 1.67 bits per heavy atom. The largest absolute Gasteiger partial charge is 0.312 e. The van der Waals surface area contributed by atoms with Crippen molar-refractivity contribution in [2.75, 3.05) is 0 Å². The molecule has 3 rings (SSSR count). The van der Waals surface area contributed by atoms with E-state index in [4.69, 9.17) is 0 Å². The molecule has 1 aliphatic rings. The zero-order chi connectivity index (χ0) is 18.0. The van der Waals surface area contributed by atoms with Crippen LogP contribution < -0.4 is 0 Å². The van der Waals surface area contributed by atoms with Gasteiger partial charge in [0.25, 0.3) is 0 Å². The molecule has 0 aliphatic heterocycles. The number of alkyl halides is 2. The molecule has 0 bridgehead atoms. The number of rotatable bonds is 3. The average molecular weight is 434 g/mol. The molecule has 130 valence electrons. The van der Waals surface area contributed by atoms with Crippen molar-refractivity contribution in [3.8, 4) is 0 Å². The van der Waals surface area contributed by atoms with Crippen molar-refractivity contribution in [1.82, 2.24) is 4.98 Å².